The Hall–Kier alpha value is -0.590. The number of hydrogen-bond acceptors (Lipinski definition) is 9. The largest absolute Gasteiger partial charge is 1.00 e. The molecule has 0 aliphatic carbocycles. The maximum atomic E-state index is 10.1. The summed E-state index contributed by atoms with van der Waals surface area (Å²) >= 11 is 0. The molecule has 2 rings (SSSR count). The number of ether oxygens (including phenoxy) is 2. The molecule has 1 aromatic rings. The van der Waals surface area contributed by atoms with E-state index in [9.17, 15) is 25.2 Å². The van der Waals surface area contributed by atoms with Crippen molar-refractivity contribution in [2.24, 2.45) is 0 Å². The van der Waals surface area contributed by atoms with E-state index in [1.54, 1.807) is 18.2 Å². The van der Waals surface area contributed by atoms with Crippen LogP contribution < -0.4 is 34.7 Å². The second-order valence-corrected chi connectivity index (χ2v) is 4.95. The third kappa shape index (κ3) is 7.67. The van der Waals surface area contributed by atoms with Gasteiger partial charge < -0.3 is 44.9 Å². The van der Waals surface area contributed by atoms with Gasteiger partial charge in [0.05, 0.1) is 25.8 Å². The molecule has 10 heteroatoms. The average molecular weight is 368 g/mol. The minimum absolute atomic E-state index is 0. The maximum Gasteiger partial charge on any atom is 1.00 e. The topological polar surface area (TPSA) is 160 Å². The molecule has 9 nitrogen and oxygen atoms in total. The molecule has 1 aromatic carbocycles. The molecule has 1 saturated heterocycles. The van der Waals surface area contributed by atoms with Gasteiger partial charge in [0.2, 0.25) is 0 Å². The van der Waals surface area contributed by atoms with Gasteiger partial charge in [0.1, 0.15) is 24.4 Å². The molecule has 0 saturated carbocycles. The van der Waals surface area contributed by atoms with E-state index >= 15 is 0 Å². The Kier molecular flexibility index (Phi) is 12.4. The molecule has 1 aliphatic rings. The van der Waals surface area contributed by atoms with E-state index in [1.807, 2.05) is 0 Å². The zero-order valence-electron chi connectivity index (χ0n) is 13.8. The van der Waals surface area contributed by atoms with E-state index in [4.69, 9.17) is 19.7 Å². The predicted octanol–water partition coefficient (Wildman–Crippen LogP) is -6.15. The number of aliphatic hydroxyl groups excluding tert-OH is 5. The van der Waals surface area contributed by atoms with Crippen molar-refractivity contribution in [1.82, 2.24) is 0 Å². The minimum atomic E-state index is -1.44. The first-order chi connectivity index (χ1) is 11.4. The van der Waals surface area contributed by atoms with Crippen molar-refractivity contribution < 1.29 is 74.5 Å². The quantitative estimate of drug-likeness (QED) is 0.319. The van der Waals surface area contributed by atoms with Crippen molar-refractivity contribution >= 4 is 5.97 Å². The summed E-state index contributed by atoms with van der Waals surface area (Å²) in [6, 6.07) is 8.06. The van der Waals surface area contributed by atoms with Crippen molar-refractivity contribution in [1.29, 1.82) is 0 Å². The molecule has 1 unspecified atom stereocenters. The fourth-order valence-electron chi connectivity index (χ4n) is 1.95. The molecule has 1 heterocycles. The first-order valence-electron chi connectivity index (χ1n) is 7.21. The molecule has 0 aromatic heterocycles. The van der Waals surface area contributed by atoms with Gasteiger partial charge in [-0.25, -0.2) is 0 Å². The number of rotatable bonds is 5. The Morgan fingerprint density at radius 2 is 1.68 bits per heavy atom. The van der Waals surface area contributed by atoms with Gasteiger partial charge in [0, 0.05) is 0 Å². The van der Waals surface area contributed by atoms with Crippen molar-refractivity contribution in [2.45, 2.75) is 30.7 Å². The summed E-state index contributed by atoms with van der Waals surface area (Å²) in [4.78, 5) is 10.1. The van der Waals surface area contributed by atoms with Crippen molar-refractivity contribution in [3.05, 3.63) is 35.9 Å². The molecule has 0 radical (unpaired) electrons. The van der Waals surface area contributed by atoms with Crippen LogP contribution in [0.2, 0.25) is 0 Å². The van der Waals surface area contributed by atoms with E-state index in [2.05, 4.69) is 0 Å². The molecule has 1 fully saturated rings. The van der Waals surface area contributed by atoms with E-state index in [-0.39, 0.29) is 48.3 Å². The summed E-state index contributed by atoms with van der Waals surface area (Å²) in [5, 5.41) is 55.6. The van der Waals surface area contributed by atoms with Gasteiger partial charge in [-0.15, -0.1) is 0 Å². The Balaban J connectivity index is 0.000000495. The van der Waals surface area contributed by atoms with Crippen LogP contribution in [-0.4, -0.2) is 82.0 Å². The first kappa shape index (κ1) is 24.4. The van der Waals surface area contributed by atoms with Gasteiger partial charge in [-0.1, -0.05) is 30.3 Å². The maximum absolute atomic E-state index is 10.1. The number of carbonyl (C=O) groups excluding carboxylic acids is 1. The summed E-state index contributed by atoms with van der Waals surface area (Å²) in [6.45, 7) is -0.818. The van der Waals surface area contributed by atoms with Gasteiger partial charge in [-0.3, -0.25) is 0 Å². The van der Waals surface area contributed by atoms with Crippen molar-refractivity contribution in [3.63, 3.8) is 0 Å². The van der Waals surface area contributed by atoms with E-state index < -0.39 is 43.3 Å². The van der Waals surface area contributed by atoms with Crippen LogP contribution in [0.15, 0.2) is 30.3 Å². The fourth-order valence-corrected chi connectivity index (χ4v) is 1.95. The Morgan fingerprint density at radius 3 is 2.12 bits per heavy atom. The SMILES string of the molecule is O=C([O-])c1ccccc1.OCCOC1O[C@H](CO)[C@@H](O)[C@H](O)[C@H]1O.[Na+]. The Morgan fingerprint density at radius 1 is 1.08 bits per heavy atom. The normalized spacial score (nSPS) is 28.3. The Bertz CT molecular complexity index is 485. The molecule has 25 heavy (non-hydrogen) atoms. The average Bonchev–Trinajstić information content (AvgIpc) is 2.60. The van der Waals surface area contributed by atoms with Crippen LogP contribution in [0.5, 0.6) is 0 Å². The third-order valence-electron chi connectivity index (χ3n) is 3.23. The van der Waals surface area contributed by atoms with Crippen molar-refractivity contribution in [3.8, 4) is 0 Å². The number of benzene rings is 1. The van der Waals surface area contributed by atoms with Crippen molar-refractivity contribution in [2.75, 3.05) is 19.8 Å². The molecule has 0 bridgehead atoms. The fraction of sp³-hybridized carbons (Fsp3) is 0.533. The van der Waals surface area contributed by atoms with Crippen LogP contribution >= 0.6 is 0 Å². The zero-order valence-corrected chi connectivity index (χ0v) is 15.8. The van der Waals surface area contributed by atoms with Crippen LogP contribution in [-0.2, 0) is 9.47 Å². The predicted molar refractivity (Wildman–Crippen MR) is 77.6 cm³/mol. The smallest absolute Gasteiger partial charge is 0.545 e. The first-order valence-corrected chi connectivity index (χ1v) is 7.21. The molecule has 0 spiro atoms. The monoisotopic (exact) mass is 368 g/mol. The van der Waals surface area contributed by atoms with Crippen LogP contribution in [0.3, 0.4) is 0 Å². The molecule has 0 amide bonds. The molecular weight excluding hydrogens is 347 g/mol. The molecule has 5 atom stereocenters. The number of aromatic carboxylic acids is 1. The number of aliphatic hydroxyl groups is 5. The second-order valence-electron chi connectivity index (χ2n) is 4.95. The van der Waals surface area contributed by atoms with E-state index in [0.717, 1.165) is 0 Å². The third-order valence-corrected chi connectivity index (χ3v) is 3.23. The molecule has 136 valence electrons. The van der Waals surface area contributed by atoms with Crippen LogP contribution in [0.25, 0.3) is 0 Å². The van der Waals surface area contributed by atoms with Gasteiger partial charge in [0.25, 0.3) is 0 Å². The van der Waals surface area contributed by atoms with Gasteiger partial charge in [0.15, 0.2) is 6.29 Å². The Labute approximate surface area is 166 Å². The van der Waals surface area contributed by atoms with E-state index in [1.165, 1.54) is 12.1 Å². The van der Waals surface area contributed by atoms with Crippen LogP contribution in [0.1, 0.15) is 10.4 Å². The van der Waals surface area contributed by atoms with Gasteiger partial charge in [-0.05, 0) is 5.56 Å². The number of carbonyl (C=O) groups is 1. The summed E-state index contributed by atoms with van der Waals surface area (Å²) in [5.74, 6) is -1.13. The number of hydrogen-bond donors (Lipinski definition) is 5. The number of carboxylic acids is 1. The van der Waals surface area contributed by atoms with Gasteiger partial charge >= 0.3 is 29.6 Å². The summed E-state index contributed by atoms with van der Waals surface area (Å²) in [5.41, 5.74) is 0.220. The standard InChI is InChI=1S/C8H16O7.C7H6O2.Na/c9-1-2-14-8-7(13)6(12)5(11)4(3-10)15-8;8-7(9)6-4-2-1-3-5-6;/h4-13H,1-3H2;1-5H,(H,8,9);/q;;+1/p-1/t4-,5-,6+,7-,8?;;/m1../s1. The van der Waals surface area contributed by atoms with Crippen LogP contribution in [0, 0.1) is 0 Å². The second kappa shape index (κ2) is 12.7. The summed E-state index contributed by atoms with van der Waals surface area (Å²) in [7, 11) is 0. The van der Waals surface area contributed by atoms with Crippen LogP contribution in [0.4, 0.5) is 0 Å². The molecule has 1 aliphatic heterocycles. The minimum Gasteiger partial charge on any atom is -0.545 e. The molecule has 5 N–H and O–H groups in total. The summed E-state index contributed by atoms with van der Waals surface area (Å²) in [6.07, 6.45) is -6.38. The zero-order chi connectivity index (χ0) is 18.1. The number of carboxylic acid groups (broad SMARTS) is 1. The van der Waals surface area contributed by atoms with Gasteiger partial charge in [-0.2, -0.15) is 0 Å². The van der Waals surface area contributed by atoms with E-state index in [0.29, 0.717) is 0 Å². The summed E-state index contributed by atoms with van der Waals surface area (Å²) < 4.78 is 9.88. The molecular formula is C15H21NaO9.